The van der Waals surface area contributed by atoms with E-state index in [0.29, 0.717) is 0 Å². The third-order valence-corrected chi connectivity index (χ3v) is 3.78. The normalized spacial score (nSPS) is 19.5. The van der Waals surface area contributed by atoms with Gasteiger partial charge in [-0.1, -0.05) is 23.8 Å². The van der Waals surface area contributed by atoms with Gasteiger partial charge in [-0.15, -0.1) is 0 Å². The van der Waals surface area contributed by atoms with Gasteiger partial charge in [0.1, 0.15) is 0 Å². The Hall–Kier alpha value is -0.900. The van der Waals surface area contributed by atoms with Crippen LogP contribution in [0.25, 0.3) is 0 Å². The van der Waals surface area contributed by atoms with Crippen molar-refractivity contribution in [3.05, 3.63) is 34.9 Å². The molecule has 100 valence electrons. The Kier molecular flexibility index (Phi) is 4.75. The maximum absolute atomic E-state index is 9.78. The van der Waals surface area contributed by atoms with Gasteiger partial charge >= 0.3 is 0 Å². The van der Waals surface area contributed by atoms with E-state index in [1.807, 2.05) is 0 Å². The number of aliphatic hydroxyl groups excluding tert-OH is 1. The van der Waals surface area contributed by atoms with E-state index in [1.54, 1.807) is 0 Å². The molecule has 3 heteroatoms. The molecule has 0 aliphatic carbocycles. The fourth-order valence-corrected chi connectivity index (χ4v) is 2.71. The van der Waals surface area contributed by atoms with Crippen LogP contribution in [0.2, 0.25) is 0 Å². The molecule has 1 aliphatic rings. The minimum absolute atomic E-state index is 0.143. The minimum Gasteiger partial charge on any atom is -0.394 e. The third kappa shape index (κ3) is 3.10. The van der Waals surface area contributed by atoms with E-state index in [0.717, 1.165) is 32.6 Å². The predicted molar refractivity (Wildman–Crippen MR) is 74.8 cm³/mol. The predicted octanol–water partition coefficient (Wildman–Crippen LogP) is 1.63. The van der Waals surface area contributed by atoms with Crippen LogP contribution >= 0.6 is 0 Å². The number of hydrogen-bond acceptors (Lipinski definition) is 3. The van der Waals surface area contributed by atoms with E-state index in [9.17, 15) is 5.11 Å². The lowest BCUT2D eigenvalue weighted by atomic mass is 9.98. The summed E-state index contributed by atoms with van der Waals surface area (Å²) in [5, 5.41) is 13.2. The standard InChI is InChI=1S/C15H24N2O/c1-12-4-5-13(2)14(10-12)15(11-18)17-8-3-6-16-7-9-17/h4-5,10,15-16,18H,3,6-9,11H2,1-2H3. The second kappa shape index (κ2) is 6.32. The summed E-state index contributed by atoms with van der Waals surface area (Å²) >= 11 is 0. The molecular weight excluding hydrogens is 224 g/mol. The summed E-state index contributed by atoms with van der Waals surface area (Å²) in [4.78, 5) is 2.40. The van der Waals surface area contributed by atoms with E-state index in [-0.39, 0.29) is 12.6 Å². The first-order chi connectivity index (χ1) is 8.72. The Balaban J connectivity index is 2.23. The largest absolute Gasteiger partial charge is 0.394 e. The lowest BCUT2D eigenvalue weighted by Crippen LogP contribution is -2.34. The average Bonchev–Trinajstić information content (AvgIpc) is 2.64. The zero-order valence-corrected chi connectivity index (χ0v) is 11.4. The molecule has 1 aromatic carbocycles. The van der Waals surface area contributed by atoms with Gasteiger partial charge in [0.05, 0.1) is 12.6 Å². The first kappa shape index (κ1) is 13.5. The molecule has 1 fully saturated rings. The molecule has 0 aromatic heterocycles. The molecule has 0 spiro atoms. The summed E-state index contributed by atoms with van der Waals surface area (Å²) in [6, 6.07) is 6.65. The van der Waals surface area contributed by atoms with Gasteiger partial charge in [0.15, 0.2) is 0 Å². The van der Waals surface area contributed by atoms with Crippen molar-refractivity contribution in [3.8, 4) is 0 Å². The van der Waals surface area contributed by atoms with Gasteiger partial charge in [-0.3, -0.25) is 4.90 Å². The summed E-state index contributed by atoms with van der Waals surface area (Å²) in [6.07, 6.45) is 1.15. The molecule has 0 saturated carbocycles. The van der Waals surface area contributed by atoms with Crippen molar-refractivity contribution < 1.29 is 5.11 Å². The van der Waals surface area contributed by atoms with Crippen LogP contribution < -0.4 is 5.32 Å². The summed E-state index contributed by atoms with van der Waals surface area (Å²) < 4.78 is 0. The average molecular weight is 248 g/mol. The van der Waals surface area contributed by atoms with Crippen molar-refractivity contribution in [2.45, 2.75) is 26.3 Å². The zero-order valence-electron chi connectivity index (χ0n) is 11.4. The molecule has 1 heterocycles. The quantitative estimate of drug-likeness (QED) is 0.853. The highest BCUT2D eigenvalue weighted by Gasteiger charge is 2.21. The van der Waals surface area contributed by atoms with Gasteiger partial charge in [0.25, 0.3) is 0 Å². The second-order valence-electron chi connectivity index (χ2n) is 5.20. The molecule has 1 aromatic rings. The van der Waals surface area contributed by atoms with Crippen LogP contribution in [0.1, 0.15) is 29.2 Å². The summed E-state index contributed by atoms with van der Waals surface area (Å²) in [5.74, 6) is 0. The van der Waals surface area contributed by atoms with Crippen LogP contribution in [0.15, 0.2) is 18.2 Å². The van der Waals surface area contributed by atoms with E-state index in [1.165, 1.54) is 16.7 Å². The fraction of sp³-hybridized carbons (Fsp3) is 0.600. The Morgan fingerprint density at radius 2 is 2.11 bits per heavy atom. The van der Waals surface area contributed by atoms with Crippen molar-refractivity contribution in [1.29, 1.82) is 0 Å². The highest BCUT2D eigenvalue weighted by molar-refractivity contribution is 5.33. The maximum Gasteiger partial charge on any atom is 0.0628 e. The topological polar surface area (TPSA) is 35.5 Å². The first-order valence-electron chi connectivity index (χ1n) is 6.85. The van der Waals surface area contributed by atoms with Gasteiger partial charge in [-0.05, 0) is 37.9 Å². The molecule has 2 N–H and O–H groups in total. The van der Waals surface area contributed by atoms with Gasteiger partial charge in [-0.2, -0.15) is 0 Å². The Bertz CT molecular complexity index is 384. The molecular formula is C15H24N2O. The monoisotopic (exact) mass is 248 g/mol. The lowest BCUT2D eigenvalue weighted by Gasteiger charge is -2.30. The number of aliphatic hydroxyl groups is 1. The van der Waals surface area contributed by atoms with Crippen molar-refractivity contribution in [1.82, 2.24) is 10.2 Å². The number of nitrogens with zero attached hydrogens (tertiary/aromatic N) is 1. The zero-order chi connectivity index (χ0) is 13.0. The highest BCUT2D eigenvalue weighted by atomic mass is 16.3. The lowest BCUT2D eigenvalue weighted by molar-refractivity contribution is 0.129. The molecule has 0 bridgehead atoms. The molecule has 1 unspecified atom stereocenters. The van der Waals surface area contributed by atoms with E-state index in [2.05, 4.69) is 42.3 Å². The summed E-state index contributed by atoms with van der Waals surface area (Å²) in [7, 11) is 0. The van der Waals surface area contributed by atoms with Gasteiger partial charge < -0.3 is 10.4 Å². The van der Waals surface area contributed by atoms with Crippen LogP contribution in [-0.2, 0) is 0 Å². The Morgan fingerprint density at radius 3 is 2.89 bits per heavy atom. The summed E-state index contributed by atoms with van der Waals surface area (Å²) in [5.41, 5.74) is 3.82. The Morgan fingerprint density at radius 1 is 1.28 bits per heavy atom. The Labute approximate surface area is 110 Å². The number of hydrogen-bond donors (Lipinski definition) is 2. The molecule has 0 amide bonds. The van der Waals surface area contributed by atoms with Crippen LogP contribution in [0.4, 0.5) is 0 Å². The summed E-state index contributed by atoms with van der Waals surface area (Å²) in [6.45, 7) is 8.62. The molecule has 1 aliphatic heterocycles. The minimum atomic E-state index is 0.143. The van der Waals surface area contributed by atoms with Crippen LogP contribution in [0, 0.1) is 13.8 Å². The molecule has 1 atom stereocenters. The number of rotatable bonds is 3. The fourth-order valence-electron chi connectivity index (χ4n) is 2.71. The van der Waals surface area contributed by atoms with Crippen molar-refractivity contribution in [2.75, 3.05) is 32.8 Å². The van der Waals surface area contributed by atoms with Gasteiger partial charge in [0, 0.05) is 19.6 Å². The van der Waals surface area contributed by atoms with Crippen LogP contribution in [-0.4, -0.2) is 42.8 Å². The number of aryl methyl sites for hydroxylation is 2. The van der Waals surface area contributed by atoms with Crippen LogP contribution in [0.5, 0.6) is 0 Å². The van der Waals surface area contributed by atoms with Crippen molar-refractivity contribution in [3.63, 3.8) is 0 Å². The molecule has 18 heavy (non-hydrogen) atoms. The van der Waals surface area contributed by atoms with Crippen LogP contribution in [0.3, 0.4) is 0 Å². The SMILES string of the molecule is Cc1ccc(C)c(C(CO)N2CCCNCC2)c1. The molecule has 1 saturated heterocycles. The van der Waals surface area contributed by atoms with Gasteiger partial charge in [-0.25, -0.2) is 0 Å². The third-order valence-electron chi connectivity index (χ3n) is 3.78. The molecule has 2 rings (SSSR count). The van der Waals surface area contributed by atoms with Crippen molar-refractivity contribution in [2.24, 2.45) is 0 Å². The van der Waals surface area contributed by atoms with E-state index in [4.69, 9.17) is 0 Å². The first-order valence-corrected chi connectivity index (χ1v) is 6.85. The smallest absolute Gasteiger partial charge is 0.0628 e. The van der Waals surface area contributed by atoms with Crippen molar-refractivity contribution >= 4 is 0 Å². The highest BCUT2D eigenvalue weighted by Crippen LogP contribution is 2.25. The molecule has 3 nitrogen and oxygen atoms in total. The van der Waals surface area contributed by atoms with E-state index >= 15 is 0 Å². The molecule has 0 radical (unpaired) electrons. The van der Waals surface area contributed by atoms with E-state index < -0.39 is 0 Å². The second-order valence-corrected chi connectivity index (χ2v) is 5.20. The van der Waals surface area contributed by atoms with Gasteiger partial charge in [0.2, 0.25) is 0 Å². The maximum atomic E-state index is 9.78. The number of benzene rings is 1. The number of nitrogens with one attached hydrogen (secondary N) is 1.